The highest BCUT2D eigenvalue weighted by molar-refractivity contribution is 6.35. The lowest BCUT2D eigenvalue weighted by atomic mass is 10.1. The van der Waals surface area contributed by atoms with Gasteiger partial charge in [0.2, 0.25) is 0 Å². The van der Waals surface area contributed by atoms with E-state index in [1.54, 1.807) is 25.1 Å². The number of hydrogen-bond acceptors (Lipinski definition) is 3. The van der Waals surface area contributed by atoms with Crippen LogP contribution < -0.4 is 0 Å². The van der Waals surface area contributed by atoms with Gasteiger partial charge in [0.15, 0.2) is 5.78 Å². The van der Waals surface area contributed by atoms with Crippen LogP contribution >= 0.6 is 0 Å². The molecule has 1 N–H and O–H groups in total. The van der Waals surface area contributed by atoms with Crippen molar-refractivity contribution in [2.45, 2.75) is 33.1 Å². The molecule has 19 heavy (non-hydrogen) atoms. The Balaban J connectivity index is 2.22. The number of rotatable bonds is 5. The first-order valence-corrected chi connectivity index (χ1v) is 6.75. The number of aliphatic hydroxyl groups excluding tert-OH is 1. The number of ketones is 1. The largest absolute Gasteiger partial charge is 0.506 e. The lowest BCUT2D eigenvalue weighted by Gasteiger charge is -2.02. The quantitative estimate of drug-likeness (QED) is 0.644. The van der Waals surface area contributed by atoms with E-state index in [-0.39, 0.29) is 11.5 Å². The monoisotopic (exact) mass is 257 g/mol. The van der Waals surface area contributed by atoms with Gasteiger partial charge in [-0.3, -0.25) is 9.79 Å². The average molecular weight is 257 g/mol. The van der Waals surface area contributed by atoms with Crippen LogP contribution in [-0.4, -0.2) is 23.1 Å². The normalized spacial score (nSPS) is 15.1. The average Bonchev–Trinajstić information content (AvgIpc) is 2.68. The van der Waals surface area contributed by atoms with Crippen molar-refractivity contribution in [3.63, 3.8) is 0 Å². The van der Waals surface area contributed by atoms with E-state index < -0.39 is 0 Å². The molecule has 0 unspecified atom stereocenters. The smallest absolute Gasteiger partial charge is 0.199 e. The van der Waals surface area contributed by atoms with Gasteiger partial charge >= 0.3 is 0 Å². The highest BCUT2D eigenvalue weighted by atomic mass is 16.3. The van der Waals surface area contributed by atoms with Crippen molar-refractivity contribution < 1.29 is 9.90 Å². The zero-order valence-electron chi connectivity index (χ0n) is 11.4. The summed E-state index contributed by atoms with van der Waals surface area (Å²) in [6, 6.07) is 7.13. The number of Topliss-reactive ketones (excluding diaryl/α,β-unsaturated/α-hetero) is 1. The molecule has 1 aromatic rings. The van der Waals surface area contributed by atoms with Crippen LogP contribution in [0, 0.1) is 0 Å². The number of aliphatic hydroxyl groups is 1. The highest BCUT2D eigenvalue weighted by Gasteiger charge is 2.30. The molecule has 0 saturated heterocycles. The minimum Gasteiger partial charge on any atom is -0.506 e. The molecule has 0 aromatic heterocycles. The fourth-order valence-corrected chi connectivity index (χ4v) is 2.29. The maximum Gasteiger partial charge on any atom is 0.199 e. The van der Waals surface area contributed by atoms with Crippen LogP contribution in [0.2, 0.25) is 0 Å². The predicted octanol–water partition coefficient (Wildman–Crippen LogP) is 3.80. The standard InChI is InChI=1S/C16H19NO2/c1-3-4-7-10-17-11(2)14-15(18)12-8-5-6-9-13(12)16(14)19/h5-6,8-9,18H,3-4,7,10H2,1-2H3. The Morgan fingerprint density at radius 3 is 2.53 bits per heavy atom. The zero-order valence-corrected chi connectivity index (χ0v) is 11.4. The second-order valence-corrected chi connectivity index (χ2v) is 4.77. The molecule has 1 aromatic carbocycles. The predicted molar refractivity (Wildman–Crippen MR) is 77.8 cm³/mol. The first-order chi connectivity index (χ1) is 9.16. The summed E-state index contributed by atoms with van der Waals surface area (Å²) in [6.45, 7) is 4.64. The summed E-state index contributed by atoms with van der Waals surface area (Å²) in [6.07, 6.45) is 3.30. The fourth-order valence-electron chi connectivity index (χ4n) is 2.29. The number of unbranched alkanes of at least 4 members (excludes halogenated alkanes) is 2. The third kappa shape index (κ3) is 2.60. The Morgan fingerprint density at radius 1 is 1.21 bits per heavy atom. The van der Waals surface area contributed by atoms with Gasteiger partial charge in [0.05, 0.1) is 5.57 Å². The third-order valence-corrected chi connectivity index (χ3v) is 3.36. The SMILES string of the molecule is CCCCCN=C(C)C1=C(O)c2ccccc2C1=O. The van der Waals surface area contributed by atoms with E-state index in [1.165, 1.54) is 0 Å². The summed E-state index contributed by atoms with van der Waals surface area (Å²) in [5.41, 5.74) is 2.18. The van der Waals surface area contributed by atoms with Gasteiger partial charge in [-0.2, -0.15) is 0 Å². The van der Waals surface area contributed by atoms with Crippen LogP contribution in [0.25, 0.3) is 5.76 Å². The van der Waals surface area contributed by atoms with Crippen molar-refractivity contribution in [2.75, 3.05) is 6.54 Å². The van der Waals surface area contributed by atoms with E-state index in [4.69, 9.17) is 0 Å². The van der Waals surface area contributed by atoms with E-state index in [0.29, 0.717) is 29.0 Å². The van der Waals surface area contributed by atoms with Gasteiger partial charge in [-0.05, 0) is 13.3 Å². The Labute approximate surface area is 113 Å². The number of nitrogens with zero attached hydrogens (tertiary/aromatic N) is 1. The van der Waals surface area contributed by atoms with Gasteiger partial charge in [-0.15, -0.1) is 0 Å². The second-order valence-electron chi connectivity index (χ2n) is 4.77. The van der Waals surface area contributed by atoms with Crippen LogP contribution in [-0.2, 0) is 0 Å². The third-order valence-electron chi connectivity index (χ3n) is 3.36. The molecule has 100 valence electrons. The van der Waals surface area contributed by atoms with Crippen molar-refractivity contribution >= 4 is 17.3 Å². The van der Waals surface area contributed by atoms with E-state index in [0.717, 1.165) is 19.3 Å². The molecule has 2 rings (SSSR count). The van der Waals surface area contributed by atoms with Crippen molar-refractivity contribution in [3.05, 3.63) is 41.0 Å². The Bertz CT molecular complexity index is 556. The molecule has 3 heteroatoms. The maximum absolute atomic E-state index is 12.2. The van der Waals surface area contributed by atoms with Crippen LogP contribution in [0.15, 0.2) is 34.8 Å². The molecule has 0 saturated carbocycles. The molecule has 1 aliphatic rings. The Hall–Kier alpha value is -1.90. The number of carbonyl (C=O) groups excluding carboxylic acids is 1. The molecule has 0 amide bonds. The molecule has 0 spiro atoms. The zero-order chi connectivity index (χ0) is 13.8. The second kappa shape index (κ2) is 5.83. The van der Waals surface area contributed by atoms with Crippen LogP contribution in [0.5, 0.6) is 0 Å². The van der Waals surface area contributed by atoms with E-state index in [2.05, 4.69) is 11.9 Å². The summed E-state index contributed by atoms with van der Waals surface area (Å²) < 4.78 is 0. The molecule has 0 radical (unpaired) electrons. The number of benzene rings is 1. The number of fused-ring (bicyclic) bond motifs is 1. The van der Waals surface area contributed by atoms with Crippen LogP contribution in [0.3, 0.4) is 0 Å². The minimum atomic E-state index is -0.121. The molecule has 0 heterocycles. The lowest BCUT2D eigenvalue weighted by Crippen LogP contribution is -2.08. The van der Waals surface area contributed by atoms with E-state index in [9.17, 15) is 9.90 Å². The van der Waals surface area contributed by atoms with Gasteiger partial charge in [0.25, 0.3) is 0 Å². The first kappa shape index (κ1) is 13.5. The van der Waals surface area contributed by atoms with Crippen molar-refractivity contribution in [2.24, 2.45) is 4.99 Å². The molecular formula is C16H19NO2. The molecular weight excluding hydrogens is 238 g/mol. The van der Waals surface area contributed by atoms with Crippen LogP contribution in [0.4, 0.5) is 0 Å². The number of carbonyl (C=O) groups is 1. The van der Waals surface area contributed by atoms with Crippen molar-refractivity contribution in [1.29, 1.82) is 0 Å². The Morgan fingerprint density at radius 2 is 1.89 bits per heavy atom. The molecule has 0 aliphatic heterocycles. The number of hydrogen-bond donors (Lipinski definition) is 1. The molecule has 3 nitrogen and oxygen atoms in total. The highest BCUT2D eigenvalue weighted by Crippen LogP contribution is 2.31. The Kier molecular flexibility index (Phi) is 4.15. The van der Waals surface area contributed by atoms with Gasteiger partial charge in [-0.25, -0.2) is 0 Å². The summed E-state index contributed by atoms with van der Waals surface area (Å²) in [7, 11) is 0. The van der Waals surface area contributed by atoms with Gasteiger partial charge in [-0.1, -0.05) is 44.0 Å². The maximum atomic E-state index is 12.2. The fraction of sp³-hybridized carbons (Fsp3) is 0.375. The molecule has 0 bridgehead atoms. The molecule has 0 fully saturated rings. The first-order valence-electron chi connectivity index (χ1n) is 6.75. The summed E-state index contributed by atoms with van der Waals surface area (Å²) in [5, 5.41) is 10.2. The molecule has 0 atom stereocenters. The minimum absolute atomic E-state index is 0.0670. The van der Waals surface area contributed by atoms with Crippen molar-refractivity contribution in [3.8, 4) is 0 Å². The molecule has 1 aliphatic carbocycles. The number of aliphatic imine (C=N–C) groups is 1. The van der Waals surface area contributed by atoms with Gasteiger partial charge in [0, 0.05) is 23.4 Å². The summed E-state index contributed by atoms with van der Waals surface area (Å²) in [4.78, 5) is 16.6. The summed E-state index contributed by atoms with van der Waals surface area (Å²) in [5.74, 6) is -0.0535. The summed E-state index contributed by atoms with van der Waals surface area (Å²) >= 11 is 0. The van der Waals surface area contributed by atoms with Gasteiger partial charge in [0.1, 0.15) is 5.76 Å². The van der Waals surface area contributed by atoms with E-state index in [1.807, 2.05) is 6.07 Å². The van der Waals surface area contributed by atoms with Crippen molar-refractivity contribution in [1.82, 2.24) is 0 Å². The van der Waals surface area contributed by atoms with E-state index >= 15 is 0 Å². The van der Waals surface area contributed by atoms with Crippen LogP contribution in [0.1, 0.15) is 49.0 Å². The van der Waals surface area contributed by atoms with Gasteiger partial charge < -0.3 is 5.11 Å². The lowest BCUT2D eigenvalue weighted by molar-refractivity contribution is 0.104. The number of allylic oxidation sites excluding steroid dienone is 1. The topological polar surface area (TPSA) is 49.7 Å².